The molecule has 7 heteroatoms. The summed E-state index contributed by atoms with van der Waals surface area (Å²) in [6.45, 7) is 1.14. The first-order valence-corrected chi connectivity index (χ1v) is 9.24. The molecule has 4 aromatic rings. The summed E-state index contributed by atoms with van der Waals surface area (Å²) in [4.78, 5) is 0. The van der Waals surface area contributed by atoms with E-state index in [2.05, 4.69) is 10.2 Å². The van der Waals surface area contributed by atoms with Crippen LogP contribution in [0.3, 0.4) is 0 Å². The number of pyridine rings is 1. The van der Waals surface area contributed by atoms with Crippen molar-refractivity contribution >= 4 is 5.65 Å². The lowest BCUT2D eigenvalue weighted by molar-refractivity contribution is 0.171. The van der Waals surface area contributed by atoms with Gasteiger partial charge in [-0.05, 0) is 53.6 Å². The van der Waals surface area contributed by atoms with E-state index in [1.807, 2.05) is 59.1 Å². The topological polar surface area (TPSA) is 67.1 Å². The third kappa shape index (κ3) is 3.00. The van der Waals surface area contributed by atoms with Gasteiger partial charge in [0.25, 0.3) is 0 Å². The first-order chi connectivity index (χ1) is 14.3. The van der Waals surface area contributed by atoms with Crippen molar-refractivity contribution in [2.24, 2.45) is 0 Å². The van der Waals surface area contributed by atoms with Gasteiger partial charge in [-0.2, -0.15) is 0 Å². The number of fused-ring (bicyclic) bond motifs is 2. The fraction of sp³-hybridized carbons (Fsp3) is 0.182. The quantitative estimate of drug-likeness (QED) is 0.528. The lowest BCUT2D eigenvalue weighted by atomic mass is 10.1. The maximum Gasteiger partial charge on any atom is 0.168 e. The molecule has 7 nitrogen and oxygen atoms in total. The van der Waals surface area contributed by atoms with Crippen molar-refractivity contribution < 1.29 is 18.9 Å². The molecule has 5 rings (SSSR count). The Hall–Kier alpha value is -3.74. The molecular weight excluding hydrogens is 370 g/mol. The highest BCUT2D eigenvalue weighted by atomic mass is 16.6. The summed E-state index contributed by atoms with van der Waals surface area (Å²) in [6.07, 6.45) is 2.02. The van der Waals surface area contributed by atoms with Crippen molar-refractivity contribution in [3.63, 3.8) is 0 Å². The molecule has 0 fully saturated rings. The van der Waals surface area contributed by atoms with Gasteiger partial charge >= 0.3 is 0 Å². The maximum absolute atomic E-state index is 5.72. The third-order valence-electron chi connectivity index (χ3n) is 4.92. The molecule has 146 valence electrons. The van der Waals surface area contributed by atoms with Gasteiger partial charge in [-0.15, -0.1) is 10.2 Å². The molecule has 0 saturated carbocycles. The minimum atomic E-state index is 0.560. The molecule has 2 aromatic heterocycles. The molecular formula is C22H19N3O4. The molecule has 29 heavy (non-hydrogen) atoms. The average Bonchev–Trinajstić information content (AvgIpc) is 3.21. The summed E-state index contributed by atoms with van der Waals surface area (Å²) in [5.41, 5.74) is 3.70. The van der Waals surface area contributed by atoms with Crippen LogP contribution in [0.2, 0.25) is 0 Å². The number of hydrogen-bond donors (Lipinski definition) is 0. The molecule has 0 radical (unpaired) electrons. The lowest BCUT2D eigenvalue weighted by Crippen LogP contribution is -2.15. The minimum Gasteiger partial charge on any atom is -0.493 e. The summed E-state index contributed by atoms with van der Waals surface area (Å²) < 4.78 is 24.1. The normalized spacial score (nSPS) is 12.8. The minimum absolute atomic E-state index is 0.560. The zero-order valence-electron chi connectivity index (χ0n) is 16.1. The van der Waals surface area contributed by atoms with Crippen LogP contribution in [0.1, 0.15) is 0 Å². The van der Waals surface area contributed by atoms with Crippen molar-refractivity contribution in [1.29, 1.82) is 0 Å². The van der Waals surface area contributed by atoms with Gasteiger partial charge in [-0.1, -0.05) is 6.07 Å². The summed E-state index contributed by atoms with van der Waals surface area (Å²) in [6, 6.07) is 15.6. The van der Waals surface area contributed by atoms with Crippen LogP contribution in [-0.2, 0) is 0 Å². The molecule has 0 bridgehead atoms. The molecule has 1 aliphatic heterocycles. The highest BCUT2D eigenvalue weighted by molar-refractivity contribution is 5.70. The van der Waals surface area contributed by atoms with Crippen LogP contribution < -0.4 is 18.9 Å². The summed E-state index contributed by atoms with van der Waals surface area (Å²) in [5.74, 6) is 3.57. The van der Waals surface area contributed by atoms with Crippen molar-refractivity contribution in [1.82, 2.24) is 14.6 Å². The van der Waals surface area contributed by atoms with E-state index >= 15 is 0 Å². The average molecular weight is 389 g/mol. The number of hydrogen-bond acceptors (Lipinski definition) is 6. The predicted molar refractivity (Wildman–Crippen MR) is 108 cm³/mol. The van der Waals surface area contributed by atoms with E-state index in [1.165, 1.54) is 0 Å². The second-order valence-corrected chi connectivity index (χ2v) is 6.60. The van der Waals surface area contributed by atoms with Gasteiger partial charge in [0.2, 0.25) is 0 Å². The van der Waals surface area contributed by atoms with Crippen LogP contribution in [0.15, 0.2) is 54.7 Å². The molecule has 0 atom stereocenters. The van der Waals surface area contributed by atoms with E-state index in [-0.39, 0.29) is 0 Å². The van der Waals surface area contributed by atoms with E-state index in [4.69, 9.17) is 18.9 Å². The van der Waals surface area contributed by atoms with Crippen LogP contribution >= 0.6 is 0 Å². The maximum atomic E-state index is 5.72. The number of rotatable bonds is 4. The number of aromatic nitrogens is 3. The molecule has 0 unspecified atom stereocenters. The summed E-state index contributed by atoms with van der Waals surface area (Å²) in [7, 11) is 3.23. The van der Waals surface area contributed by atoms with Gasteiger partial charge in [0.05, 0.1) is 14.2 Å². The van der Waals surface area contributed by atoms with Crippen LogP contribution in [0, 0.1) is 0 Å². The molecule has 3 heterocycles. The van der Waals surface area contributed by atoms with Crippen LogP contribution in [-0.4, -0.2) is 42.0 Å². The Balaban J connectivity index is 1.59. The number of benzene rings is 2. The van der Waals surface area contributed by atoms with E-state index < -0.39 is 0 Å². The number of methoxy groups -OCH3 is 2. The Kier molecular flexibility index (Phi) is 4.20. The fourth-order valence-corrected chi connectivity index (χ4v) is 3.46. The van der Waals surface area contributed by atoms with E-state index in [1.54, 1.807) is 14.2 Å². The molecule has 0 N–H and O–H groups in total. The van der Waals surface area contributed by atoms with Crippen molar-refractivity contribution in [3.8, 4) is 45.5 Å². The summed E-state index contributed by atoms with van der Waals surface area (Å²) >= 11 is 0. The fourth-order valence-electron chi connectivity index (χ4n) is 3.46. The largest absolute Gasteiger partial charge is 0.493 e. The van der Waals surface area contributed by atoms with E-state index in [9.17, 15) is 0 Å². The molecule has 0 amide bonds. The highest BCUT2D eigenvalue weighted by Gasteiger charge is 2.15. The molecule has 0 aliphatic carbocycles. The number of nitrogens with zero attached hydrogens (tertiary/aromatic N) is 3. The number of ether oxygens (including phenoxy) is 4. The smallest absolute Gasteiger partial charge is 0.168 e. The molecule has 0 spiro atoms. The molecule has 2 aromatic carbocycles. The third-order valence-corrected chi connectivity index (χ3v) is 4.92. The molecule has 1 aliphatic rings. The van der Waals surface area contributed by atoms with Gasteiger partial charge in [0.15, 0.2) is 34.5 Å². The van der Waals surface area contributed by atoms with E-state index in [0.717, 1.165) is 39.7 Å². The standard InChI is InChI=1S/C22H19N3O4/c1-26-17-6-4-15(12-19(17)27-2)22-24-23-21-8-5-16(13-25(21)22)14-3-7-18-20(11-14)29-10-9-28-18/h3-8,11-13H,9-10H2,1-2H3. The van der Waals surface area contributed by atoms with E-state index in [0.29, 0.717) is 24.7 Å². The Morgan fingerprint density at radius 3 is 2.34 bits per heavy atom. The Bertz CT molecular complexity index is 1200. The second kappa shape index (κ2) is 7.01. The monoisotopic (exact) mass is 389 g/mol. The first-order valence-electron chi connectivity index (χ1n) is 9.24. The zero-order valence-corrected chi connectivity index (χ0v) is 16.1. The van der Waals surface area contributed by atoms with Gasteiger partial charge in [-0.25, -0.2) is 0 Å². The van der Waals surface area contributed by atoms with Gasteiger partial charge < -0.3 is 18.9 Å². The van der Waals surface area contributed by atoms with Crippen molar-refractivity contribution in [2.75, 3.05) is 27.4 Å². The molecule has 0 saturated heterocycles. The van der Waals surface area contributed by atoms with Crippen LogP contribution in [0.25, 0.3) is 28.2 Å². The van der Waals surface area contributed by atoms with Crippen molar-refractivity contribution in [3.05, 3.63) is 54.7 Å². The SMILES string of the molecule is COc1ccc(-c2nnc3ccc(-c4ccc5c(c4)OCCO5)cn23)cc1OC. The van der Waals surface area contributed by atoms with Crippen LogP contribution in [0.5, 0.6) is 23.0 Å². The predicted octanol–water partition coefficient (Wildman–Crippen LogP) is 3.85. The summed E-state index contributed by atoms with van der Waals surface area (Å²) in [5, 5.41) is 8.67. The van der Waals surface area contributed by atoms with Gasteiger partial charge in [0, 0.05) is 11.8 Å². The Labute approximate surface area is 167 Å². The lowest BCUT2D eigenvalue weighted by Gasteiger charge is -2.19. The van der Waals surface area contributed by atoms with Gasteiger partial charge in [0.1, 0.15) is 13.2 Å². The Morgan fingerprint density at radius 1 is 0.759 bits per heavy atom. The Morgan fingerprint density at radius 2 is 1.52 bits per heavy atom. The first kappa shape index (κ1) is 17.4. The van der Waals surface area contributed by atoms with Gasteiger partial charge in [-0.3, -0.25) is 4.40 Å². The highest BCUT2D eigenvalue weighted by Crippen LogP contribution is 2.35. The second-order valence-electron chi connectivity index (χ2n) is 6.60. The van der Waals surface area contributed by atoms with Crippen molar-refractivity contribution in [2.45, 2.75) is 0 Å². The van der Waals surface area contributed by atoms with Crippen LogP contribution in [0.4, 0.5) is 0 Å². The zero-order chi connectivity index (χ0) is 19.8.